The molecule has 1 aromatic heterocycles. The van der Waals surface area contributed by atoms with E-state index in [0.29, 0.717) is 22.7 Å². The van der Waals surface area contributed by atoms with Crippen molar-refractivity contribution >= 4 is 17.6 Å². The molecular formula is C16H31N5. The highest BCUT2D eigenvalue weighted by Crippen LogP contribution is 2.15. The highest BCUT2D eigenvalue weighted by molar-refractivity contribution is 5.88. The van der Waals surface area contributed by atoms with Crippen LogP contribution in [-0.4, -0.2) is 17.7 Å². The predicted octanol–water partition coefficient (Wildman–Crippen LogP) is 3.24. The second-order valence-electron chi connectivity index (χ2n) is 4.76. The van der Waals surface area contributed by atoms with Crippen LogP contribution in [-0.2, 0) is 0 Å². The van der Waals surface area contributed by atoms with Crippen molar-refractivity contribution in [3.05, 3.63) is 23.5 Å². The second-order valence-corrected chi connectivity index (χ2v) is 4.76. The molecule has 5 heteroatoms. The summed E-state index contributed by atoms with van der Waals surface area (Å²) in [5.74, 6) is 0. The third-order valence-corrected chi connectivity index (χ3v) is 3.24. The standard InChI is InChI=1S/C8H13N5.C6H12.C2H6/c9-2-5(3-10)8(12)7-1-6(11)4-13-7;1-2-4-6-5-3-1;1-2/h1-2,4,9,13H,3,10-12H2;1-6H2;1-2H3/b8-5-,9-2?;;. The van der Waals surface area contributed by atoms with Gasteiger partial charge in [0.15, 0.2) is 0 Å². The first kappa shape index (κ1) is 19.2. The van der Waals surface area contributed by atoms with E-state index < -0.39 is 0 Å². The Kier molecular flexibility index (Phi) is 11.0. The second kappa shape index (κ2) is 12.0. The number of aromatic nitrogens is 1. The summed E-state index contributed by atoms with van der Waals surface area (Å²) >= 11 is 0. The van der Waals surface area contributed by atoms with Gasteiger partial charge in [0, 0.05) is 30.2 Å². The van der Waals surface area contributed by atoms with E-state index in [1.54, 1.807) is 12.3 Å². The van der Waals surface area contributed by atoms with Gasteiger partial charge >= 0.3 is 0 Å². The quantitative estimate of drug-likeness (QED) is 0.550. The zero-order valence-electron chi connectivity index (χ0n) is 13.4. The highest BCUT2D eigenvalue weighted by atomic mass is 14.8. The minimum absolute atomic E-state index is 0.244. The van der Waals surface area contributed by atoms with Crippen molar-refractivity contribution in [1.82, 2.24) is 4.98 Å². The smallest absolute Gasteiger partial charge is 0.0639 e. The van der Waals surface area contributed by atoms with Crippen molar-refractivity contribution in [2.45, 2.75) is 52.4 Å². The molecule has 0 saturated heterocycles. The van der Waals surface area contributed by atoms with Gasteiger partial charge in [0.1, 0.15) is 0 Å². The summed E-state index contributed by atoms with van der Waals surface area (Å²) in [6, 6.07) is 1.70. The lowest BCUT2D eigenvalue weighted by Crippen LogP contribution is -2.11. The molecule has 8 N–H and O–H groups in total. The van der Waals surface area contributed by atoms with Gasteiger partial charge in [0.2, 0.25) is 0 Å². The van der Waals surface area contributed by atoms with E-state index in [4.69, 9.17) is 22.6 Å². The molecule has 0 radical (unpaired) electrons. The summed E-state index contributed by atoms with van der Waals surface area (Å²) in [6.07, 6.45) is 11.8. The molecule has 1 aliphatic carbocycles. The van der Waals surface area contributed by atoms with Crippen molar-refractivity contribution in [3.63, 3.8) is 0 Å². The molecule has 1 aromatic rings. The van der Waals surface area contributed by atoms with Crippen LogP contribution in [0.3, 0.4) is 0 Å². The molecule has 0 amide bonds. The van der Waals surface area contributed by atoms with Gasteiger partial charge in [-0.3, -0.25) is 0 Å². The summed E-state index contributed by atoms with van der Waals surface area (Å²) in [5, 5.41) is 7.06. The molecule has 120 valence electrons. The number of nitrogen functional groups attached to an aromatic ring is 1. The number of H-pyrrole nitrogens is 1. The van der Waals surface area contributed by atoms with Crippen LogP contribution in [0.5, 0.6) is 0 Å². The van der Waals surface area contributed by atoms with Crippen LogP contribution >= 0.6 is 0 Å². The van der Waals surface area contributed by atoms with E-state index in [-0.39, 0.29) is 6.54 Å². The highest BCUT2D eigenvalue weighted by Gasteiger charge is 2.03. The minimum atomic E-state index is 0.244. The van der Waals surface area contributed by atoms with Gasteiger partial charge in [-0.2, -0.15) is 0 Å². The van der Waals surface area contributed by atoms with Gasteiger partial charge in [-0.15, -0.1) is 0 Å². The van der Waals surface area contributed by atoms with Crippen LogP contribution in [0.2, 0.25) is 0 Å². The number of hydrogen-bond acceptors (Lipinski definition) is 4. The monoisotopic (exact) mass is 293 g/mol. The first-order valence-corrected chi connectivity index (χ1v) is 7.82. The molecule has 2 rings (SSSR count). The number of nitrogens with one attached hydrogen (secondary N) is 2. The molecule has 1 saturated carbocycles. The summed E-state index contributed by atoms with van der Waals surface area (Å²) < 4.78 is 0. The van der Waals surface area contributed by atoms with Crippen molar-refractivity contribution < 1.29 is 0 Å². The Morgan fingerprint density at radius 3 is 1.95 bits per heavy atom. The topological polar surface area (TPSA) is 118 Å². The number of rotatable bonds is 3. The van der Waals surface area contributed by atoms with Crippen molar-refractivity contribution in [2.75, 3.05) is 12.3 Å². The molecule has 1 aliphatic rings. The van der Waals surface area contributed by atoms with E-state index in [0.717, 1.165) is 6.21 Å². The fraction of sp³-hybridized carbons (Fsp3) is 0.562. The summed E-state index contributed by atoms with van der Waals surface area (Å²) in [6.45, 7) is 4.24. The zero-order chi connectivity index (χ0) is 16.1. The lowest BCUT2D eigenvalue weighted by atomic mass is 10.0. The Bertz CT molecular complexity index is 405. The normalized spacial score (nSPS) is 14.8. The first-order chi connectivity index (χ1) is 10.2. The van der Waals surface area contributed by atoms with Gasteiger partial charge < -0.3 is 27.6 Å². The predicted molar refractivity (Wildman–Crippen MR) is 93.2 cm³/mol. The molecular weight excluding hydrogens is 262 g/mol. The number of hydrogen-bond donors (Lipinski definition) is 5. The van der Waals surface area contributed by atoms with Crippen LogP contribution in [0.15, 0.2) is 17.8 Å². The summed E-state index contributed by atoms with van der Waals surface area (Å²) in [4.78, 5) is 2.89. The largest absolute Gasteiger partial charge is 0.397 e. The average molecular weight is 293 g/mol. The van der Waals surface area contributed by atoms with Gasteiger partial charge in [0.25, 0.3) is 0 Å². The fourth-order valence-corrected chi connectivity index (χ4v) is 2.05. The Morgan fingerprint density at radius 2 is 1.67 bits per heavy atom. The SMILES string of the molecule is C1CCCCC1.CC.N=C/C(CN)=C(/N)c1cc(N)c[nH]1. The van der Waals surface area contributed by atoms with E-state index in [9.17, 15) is 0 Å². The lowest BCUT2D eigenvalue weighted by molar-refractivity contribution is 0.504. The molecule has 1 heterocycles. The molecule has 5 nitrogen and oxygen atoms in total. The van der Waals surface area contributed by atoms with Gasteiger partial charge in [-0.25, -0.2) is 0 Å². The molecule has 1 fully saturated rings. The van der Waals surface area contributed by atoms with Crippen molar-refractivity contribution in [2.24, 2.45) is 11.5 Å². The van der Waals surface area contributed by atoms with Gasteiger partial charge in [-0.05, 0) is 6.07 Å². The maximum Gasteiger partial charge on any atom is 0.0639 e. The molecule has 0 aromatic carbocycles. The zero-order valence-corrected chi connectivity index (χ0v) is 13.4. The maximum atomic E-state index is 7.06. The third kappa shape index (κ3) is 7.56. The average Bonchev–Trinajstić information content (AvgIpc) is 2.99. The molecule has 0 bridgehead atoms. The van der Waals surface area contributed by atoms with E-state index in [1.165, 1.54) is 38.5 Å². The van der Waals surface area contributed by atoms with Gasteiger partial charge in [-0.1, -0.05) is 52.4 Å². The minimum Gasteiger partial charge on any atom is -0.397 e. The number of aromatic amines is 1. The molecule has 0 unspecified atom stereocenters. The van der Waals surface area contributed by atoms with Crippen LogP contribution < -0.4 is 17.2 Å². The number of anilines is 1. The Hall–Kier alpha value is -1.75. The molecule has 0 aliphatic heterocycles. The van der Waals surface area contributed by atoms with E-state index >= 15 is 0 Å². The molecule has 0 atom stereocenters. The first-order valence-electron chi connectivity index (χ1n) is 7.82. The van der Waals surface area contributed by atoms with Crippen LogP contribution in [0, 0.1) is 5.41 Å². The summed E-state index contributed by atoms with van der Waals surface area (Å²) in [5.41, 5.74) is 19.0. The van der Waals surface area contributed by atoms with Gasteiger partial charge in [0.05, 0.1) is 11.4 Å². The fourth-order valence-electron chi connectivity index (χ4n) is 2.05. The van der Waals surface area contributed by atoms with Crippen LogP contribution in [0.25, 0.3) is 5.70 Å². The number of nitrogens with two attached hydrogens (primary N) is 3. The van der Waals surface area contributed by atoms with Crippen LogP contribution in [0.4, 0.5) is 5.69 Å². The maximum absolute atomic E-state index is 7.06. The Morgan fingerprint density at radius 1 is 1.19 bits per heavy atom. The lowest BCUT2D eigenvalue weighted by Gasteiger charge is -2.05. The van der Waals surface area contributed by atoms with E-state index in [2.05, 4.69) is 4.98 Å². The molecule has 21 heavy (non-hydrogen) atoms. The van der Waals surface area contributed by atoms with Crippen molar-refractivity contribution in [1.29, 1.82) is 5.41 Å². The summed E-state index contributed by atoms with van der Waals surface area (Å²) in [7, 11) is 0. The van der Waals surface area contributed by atoms with E-state index in [1.807, 2.05) is 13.8 Å². The third-order valence-electron chi connectivity index (χ3n) is 3.24. The Balaban J connectivity index is 0.000000416. The molecule has 0 spiro atoms. The Labute approximate surface area is 128 Å². The van der Waals surface area contributed by atoms with Crippen LogP contribution in [0.1, 0.15) is 58.1 Å². The van der Waals surface area contributed by atoms with Crippen molar-refractivity contribution in [3.8, 4) is 0 Å².